The number of halogens is 2. The van der Waals surface area contributed by atoms with Gasteiger partial charge in [-0.25, -0.2) is 0 Å². The molecular formula is C28H32Br2. The van der Waals surface area contributed by atoms with E-state index in [0.29, 0.717) is 21.7 Å². The first-order chi connectivity index (χ1) is 14.1. The summed E-state index contributed by atoms with van der Waals surface area (Å²) in [5, 5.41) is 0. The van der Waals surface area contributed by atoms with E-state index in [1.54, 1.807) is 22.3 Å². The van der Waals surface area contributed by atoms with E-state index in [1.807, 2.05) is 0 Å². The van der Waals surface area contributed by atoms with Crippen molar-refractivity contribution in [1.29, 1.82) is 0 Å². The van der Waals surface area contributed by atoms with Gasteiger partial charge in [-0.1, -0.05) is 59.6 Å². The Morgan fingerprint density at radius 1 is 0.467 bits per heavy atom. The maximum Gasteiger partial charge on any atom is 0.0257 e. The Morgan fingerprint density at radius 3 is 0.967 bits per heavy atom. The summed E-state index contributed by atoms with van der Waals surface area (Å²) in [5.41, 5.74) is 10.6. The second kappa shape index (κ2) is 6.04. The third kappa shape index (κ3) is 2.50. The van der Waals surface area contributed by atoms with E-state index in [1.165, 1.54) is 71.4 Å². The Kier molecular flexibility index (Phi) is 4.04. The number of fused-ring (bicyclic) bond motifs is 4. The third-order valence-electron chi connectivity index (χ3n) is 10.0. The van der Waals surface area contributed by atoms with Gasteiger partial charge in [-0.05, 0) is 131 Å². The van der Waals surface area contributed by atoms with Gasteiger partial charge in [0.05, 0.1) is 0 Å². The molecule has 158 valence electrons. The van der Waals surface area contributed by atoms with Crippen LogP contribution in [0.4, 0.5) is 0 Å². The molecular weight excluding hydrogens is 496 g/mol. The largest absolute Gasteiger partial charge is 0.0555 e. The second-order valence-electron chi connectivity index (χ2n) is 12.0. The summed E-state index contributed by atoms with van der Waals surface area (Å²) in [7, 11) is 0. The molecule has 0 atom stereocenters. The molecule has 0 aliphatic heterocycles. The highest BCUT2D eigenvalue weighted by Gasteiger charge is 2.49. The predicted octanol–water partition coefficient (Wildman–Crippen LogP) is 9.08. The minimum atomic E-state index is 0.349. The fraction of sp³-hybridized carbons (Fsp3) is 0.571. The lowest BCUT2D eigenvalue weighted by Gasteiger charge is -2.53. The van der Waals surface area contributed by atoms with E-state index < -0.39 is 0 Å². The maximum absolute atomic E-state index is 4.00. The van der Waals surface area contributed by atoms with Gasteiger partial charge in [0.15, 0.2) is 0 Å². The Balaban J connectivity index is 1.57. The number of rotatable bonds is 1. The summed E-state index contributed by atoms with van der Waals surface area (Å²) in [6, 6.07) is 10.0. The molecule has 0 heterocycles. The van der Waals surface area contributed by atoms with E-state index in [-0.39, 0.29) is 0 Å². The average Bonchev–Trinajstić information content (AvgIpc) is 2.71. The predicted molar refractivity (Wildman–Crippen MR) is 134 cm³/mol. The zero-order valence-corrected chi connectivity index (χ0v) is 21.9. The van der Waals surface area contributed by atoms with Gasteiger partial charge in [0.25, 0.3) is 0 Å². The molecule has 2 aromatic rings. The smallest absolute Gasteiger partial charge is 0.0257 e. The molecule has 2 aromatic carbocycles. The molecule has 6 aliphatic rings. The van der Waals surface area contributed by atoms with Crippen LogP contribution in [0.1, 0.15) is 101 Å². The van der Waals surface area contributed by atoms with Crippen LogP contribution in [-0.4, -0.2) is 0 Å². The molecule has 30 heavy (non-hydrogen) atoms. The van der Waals surface area contributed by atoms with Crippen LogP contribution in [0.5, 0.6) is 0 Å². The molecule has 0 radical (unpaired) electrons. The SMILES string of the molecule is CC12CCC(C)(CC1)c1cc(-c3cc4c(cc3Br)C3(C)CCC4(C)CC3)c(Br)cc12. The monoisotopic (exact) mass is 526 g/mol. The lowest BCUT2D eigenvalue weighted by Crippen LogP contribution is -2.44. The fourth-order valence-electron chi connectivity index (χ4n) is 7.34. The van der Waals surface area contributed by atoms with Crippen molar-refractivity contribution in [2.45, 2.75) is 101 Å². The Morgan fingerprint density at radius 2 is 0.700 bits per heavy atom. The van der Waals surface area contributed by atoms with Gasteiger partial charge >= 0.3 is 0 Å². The molecule has 0 aromatic heterocycles. The Hall–Kier alpha value is -0.600. The molecule has 8 rings (SSSR count). The van der Waals surface area contributed by atoms with E-state index in [9.17, 15) is 0 Å². The van der Waals surface area contributed by atoms with Crippen molar-refractivity contribution in [3.8, 4) is 11.1 Å². The van der Waals surface area contributed by atoms with Gasteiger partial charge in [0.2, 0.25) is 0 Å². The third-order valence-corrected chi connectivity index (χ3v) is 11.3. The minimum absolute atomic E-state index is 0.349. The fourth-order valence-corrected chi connectivity index (χ4v) is 8.46. The molecule has 2 fully saturated rings. The van der Waals surface area contributed by atoms with Crippen LogP contribution in [-0.2, 0) is 21.7 Å². The van der Waals surface area contributed by atoms with E-state index >= 15 is 0 Å². The standard InChI is InChI=1S/C28H32Br2/c1-25-5-9-27(3,10-6-25)21-15-23(29)17(13-19(21)25)18-14-20-22(16-24(18)30)28(4)11-7-26(20,2)8-12-28/h13-16H,5-12H2,1-4H3. The quantitative estimate of drug-likeness (QED) is 0.346. The highest BCUT2D eigenvalue weighted by atomic mass is 79.9. The molecule has 0 nitrogen and oxygen atoms in total. The minimum Gasteiger partial charge on any atom is -0.0555 e. The average molecular weight is 528 g/mol. The Bertz CT molecular complexity index is 989. The molecule has 2 heteroatoms. The lowest BCUT2D eigenvalue weighted by molar-refractivity contribution is 0.187. The zero-order chi connectivity index (χ0) is 21.1. The molecule has 0 spiro atoms. The van der Waals surface area contributed by atoms with E-state index in [0.717, 1.165) is 0 Å². The van der Waals surface area contributed by atoms with Crippen molar-refractivity contribution in [3.63, 3.8) is 0 Å². The van der Waals surface area contributed by atoms with Crippen LogP contribution >= 0.6 is 31.9 Å². The van der Waals surface area contributed by atoms with Crippen LogP contribution in [0.2, 0.25) is 0 Å². The van der Waals surface area contributed by atoms with Gasteiger partial charge in [-0.2, -0.15) is 0 Å². The first kappa shape index (κ1) is 20.0. The first-order valence-electron chi connectivity index (χ1n) is 11.8. The second-order valence-corrected chi connectivity index (χ2v) is 13.7. The van der Waals surface area contributed by atoms with Gasteiger partial charge in [0, 0.05) is 8.95 Å². The number of hydrogen-bond donors (Lipinski definition) is 0. The van der Waals surface area contributed by atoms with E-state index in [2.05, 4.69) is 83.8 Å². The van der Waals surface area contributed by atoms with E-state index in [4.69, 9.17) is 0 Å². The summed E-state index contributed by atoms with van der Waals surface area (Å²) < 4.78 is 2.52. The van der Waals surface area contributed by atoms with Gasteiger partial charge in [0.1, 0.15) is 0 Å². The number of hydrogen-bond acceptors (Lipinski definition) is 0. The van der Waals surface area contributed by atoms with Crippen LogP contribution < -0.4 is 0 Å². The molecule has 6 aliphatic carbocycles. The summed E-state index contributed by atoms with van der Waals surface area (Å²) in [6.07, 6.45) is 10.7. The normalized spacial score (nSPS) is 38.5. The van der Waals surface area contributed by atoms with Crippen molar-refractivity contribution in [1.82, 2.24) is 0 Å². The highest BCUT2D eigenvalue weighted by Crippen LogP contribution is 2.60. The topological polar surface area (TPSA) is 0 Å². The van der Waals surface area contributed by atoms with Crippen LogP contribution in [0.15, 0.2) is 33.2 Å². The number of benzene rings is 2. The van der Waals surface area contributed by atoms with Gasteiger partial charge in [-0.15, -0.1) is 0 Å². The highest BCUT2D eigenvalue weighted by molar-refractivity contribution is 9.11. The van der Waals surface area contributed by atoms with Crippen molar-refractivity contribution in [3.05, 3.63) is 55.5 Å². The van der Waals surface area contributed by atoms with Crippen molar-refractivity contribution in [2.75, 3.05) is 0 Å². The zero-order valence-electron chi connectivity index (χ0n) is 18.7. The summed E-state index contributed by atoms with van der Waals surface area (Å²) in [4.78, 5) is 0. The van der Waals surface area contributed by atoms with Gasteiger partial charge in [-0.3, -0.25) is 0 Å². The first-order valence-corrected chi connectivity index (χ1v) is 13.4. The van der Waals surface area contributed by atoms with Crippen LogP contribution in [0.3, 0.4) is 0 Å². The molecule has 2 saturated carbocycles. The van der Waals surface area contributed by atoms with Crippen LogP contribution in [0.25, 0.3) is 11.1 Å². The Labute approximate surface area is 198 Å². The summed E-state index contributed by atoms with van der Waals surface area (Å²) >= 11 is 8.00. The van der Waals surface area contributed by atoms with Crippen molar-refractivity contribution in [2.24, 2.45) is 0 Å². The van der Waals surface area contributed by atoms with Crippen molar-refractivity contribution >= 4 is 31.9 Å². The molecule has 4 bridgehead atoms. The van der Waals surface area contributed by atoms with Crippen molar-refractivity contribution < 1.29 is 0 Å². The molecule has 0 unspecified atom stereocenters. The summed E-state index contributed by atoms with van der Waals surface area (Å²) in [5.74, 6) is 0. The molecule has 0 N–H and O–H groups in total. The maximum atomic E-state index is 4.00. The molecule has 0 saturated heterocycles. The lowest BCUT2D eigenvalue weighted by atomic mass is 9.52. The summed E-state index contributed by atoms with van der Waals surface area (Å²) in [6.45, 7) is 9.99. The van der Waals surface area contributed by atoms with Crippen LogP contribution in [0, 0.1) is 0 Å². The molecule has 0 amide bonds. The van der Waals surface area contributed by atoms with Gasteiger partial charge < -0.3 is 0 Å².